The van der Waals surface area contributed by atoms with Gasteiger partial charge in [-0.2, -0.15) is 0 Å². The van der Waals surface area contributed by atoms with Crippen molar-refractivity contribution in [3.63, 3.8) is 0 Å². The van der Waals surface area contributed by atoms with Crippen molar-refractivity contribution in [3.8, 4) is 0 Å². The maximum atomic E-state index is 3.71. The van der Waals surface area contributed by atoms with E-state index in [4.69, 9.17) is 0 Å². The second-order valence-corrected chi connectivity index (χ2v) is 5.86. The molecule has 1 saturated heterocycles. The largest absolute Gasteiger partial charge is 0.313 e. The van der Waals surface area contributed by atoms with Gasteiger partial charge in [-0.05, 0) is 45.4 Å². The monoisotopic (exact) mass is 269 g/mol. The molecule has 3 nitrogen and oxygen atoms in total. The first-order valence-corrected chi connectivity index (χ1v) is 8.44. The number of hydrogen-bond donors (Lipinski definition) is 1. The molecule has 1 heterocycles. The van der Waals surface area contributed by atoms with E-state index in [-0.39, 0.29) is 0 Å². The van der Waals surface area contributed by atoms with Gasteiger partial charge in [0.15, 0.2) is 0 Å². The van der Waals surface area contributed by atoms with Gasteiger partial charge in [0.25, 0.3) is 0 Å². The Morgan fingerprint density at radius 1 is 1.16 bits per heavy atom. The first-order chi connectivity index (χ1) is 9.24. The molecule has 0 saturated carbocycles. The smallest absolute Gasteiger partial charge is 0.0235 e. The summed E-state index contributed by atoms with van der Waals surface area (Å²) >= 11 is 0. The van der Waals surface area contributed by atoms with Crippen molar-refractivity contribution in [1.82, 2.24) is 15.1 Å². The van der Waals surface area contributed by atoms with Crippen LogP contribution in [0, 0.1) is 0 Å². The van der Waals surface area contributed by atoms with E-state index in [2.05, 4.69) is 42.8 Å². The summed E-state index contributed by atoms with van der Waals surface area (Å²) in [5.74, 6) is 0. The van der Waals surface area contributed by atoms with Gasteiger partial charge in [0.2, 0.25) is 0 Å². The standard InChI is InChI=1S/C16H35N3/c1-5-9-15(17-11-6-2)13-18-12-10-16(14-18)19(7-3)8-4/h15-17H,5-14H2,1-4H3. The Bertz CT molecular complexity index is 216. The van der Waals surface area contributed by atoms with Crippen molar-refractivity contribution in [2.24, 2.45) is 0 Å². The minimum absolute atomic E-state index is 0.695. The highest BCUT2D eigenvalue weighted by atomic mass is 15.3. The van der Waals surface area contributed by atoms with Gasteiger partial charge in [0.1, 0.15) is 0 Å². The quantitative estimate of drug-likeness (QED) is 0.657. The Labute approximate surface area is 120 Å². The molecular weight excluding hydrogens is 234 g/mol. The van der Waals surface area contributed by atoms with Crippen molar-refractivity contribution < 1.29 is 0 Å². The highest BCUT2D eigenvalue weighted by molar-refractivity contribution is 4.85. The molecule has 0 radical (unpaired) electrons. The Kier molecular flexibility index (Phi) is 8.67. The fourth-order valence-electron chi connectivity index (χ4n) is 3.28. The van der Waals surface area contributed by atoms with E-state index in [1.807, 2.05) is 0 Å². The second-order valence-electron chi connectivity index (χ2n) is 5.86. The van der Waals surface area contributed by atoms with Gasteiger partial charge in [-0.3, -0.25) is 4.90 Å². The van der Waals surface area contributed by atoms with Crippen LogP contribution < -0.4 is 5.32 Å². The average molecular weight is 269 g/mol. The first kappa shape index (κ1) is 16.9. The predicted molar refractivity (Wildman–Crippen MR) is 84.8 cm³/mol. The van der Waals surface area contributed by atoms with E-state index in [1.54, 1.807) is 0 Å². The van der Waals surface area contributed by atoms with Crippen LogP contribution in [0.15, 0.2) is 0 Å². The predicted octanol–water partition coefficient (Wildman–Crippen LogP) is 2.57. The highest BCUT2D eigenvalue weighted by Gasteiger charge is 2.27. The molecule has 1 fully saturated rings. The number of rotatable bonds is 10. The zero-order chi connectivity index (χ0) is 14.1. The fraction of sp³-hybridized carbons (Fsp3) is 1.00. The van der Waals surface area contributed by atoms with E-state index >= 15 is 0 Å². The Hall–Kier alpha value is -0.120. The van der Waals surface area contributed by atoms with Crippen molar-refractivity contribution >= 4 is 0 Å². The van der Waals surface area contributed by atoms with E-state index in [1.165, 1.54) is 58.4 Å². The molecule has 2 atom stereocenters. The summed E-state index contributed by atoms with van der Waals surface area (Å²) in [7, 11) is 0. The molecule has 0 amide bonds. The van der Waals surface area contributed by atoms with Crippen LogP contribution in [-0.2, 0) is 0 Å². The fourth-order valence-corrected chi connectivity index (χ4v) is 3.28. The summed E-state index contributed by atoms with van der Waals surface area (Å²) in [4.78, 5) is 5.29. The van der Waals surface area contributed by atoms with Crippen LogP contribution in [0.25, 0.3) is 0 Å². The van der Waals surface area contributed by atoms with Crippen LogP contribution in [0.4, 0.5) is 0 Å². The summed E-state index contributed by atoms with van der Waals surface area (Å²) in [6.45, 7) is 16.5. The molecule has 0 aromatic heterocycles. The van der Waals surface area contributed by atoms with Crippen molar-refractivity contribution in [2.75, 3.05) is 39.3 Å². The lowest BCUT2D eigenvalue weighted by molar-refractivity contribution is 0.203. The molecule has 1 rings (SSSR count). The summed E-state index contributed by atoms with van der Waals surface area (Å²) < 4.78 is 0. The number of likely N-dealkylation sites (N-methyl/N-ethyl adjacent to an activating group) is 1. The zero-order valence-corrected chi connectivity index (χ0v) is 13.6. The van der Waals surface area contributed by atoms with Gasteiger partial charge in [0.05, 0.1) is 0 Å². The van der Waals surface area contributed by atoms with Gasteiger partial charge >= 0.3 is 0 Å². The van der Waals surface area contributed by atoms with E-state index < -0.39 is 0 Å². The minimum atomic E-state index is 0.695. The van der Waals surface area contributed by atoms with Gasteiger partial charge in [-0.15, -0.1) is 0 Å². The number of hydrogen-bond acceptors (Lipinski definition) is 3. The van der Waals surface area contributed by atoms with Gasteiger partial charge in [0, 0.05) is 25.2 Å². The number of nitrogens with zero attached hydrogens (tertiary/aromatic N) is 2. The van der Waals surface area contributed by atoms with Crippen LogP contribution in [0.3, 0.4) is 0 Å². The molecule has 114 valence electrons. The lowest BCUT2D eigenvalue weighted by Gasteiger charge is -2.28. The number of likely N-dealkylation sites (tertiary alicyclic amines) is 1. The Balaban J connectivity index is 2.35. The molecule has 1 aliphatic rings. The van der Waals surface area contributed by atoms with Crippen LogP contribution in [0.5, 0.6) is 0 Å². The summed E-state index contributed by atoms with van der Waals surface area (Å²) in [6.07, 6.45) is 5.19. The van der Waals surface area contributed by atoms with Crippen molar-refractivity contribution in [2.45, 2.75) is 65.5 Å². The minimum Gasteiger partial charge on any atom is -0.313 e. The van der Waals surface area contributed by atoms with Crippen molar-refractivity contribution in [3.05, 3.63) is 0 Å². The third kappa shape index (κ3) is 5.80. The Morgan fingerprint density at radius 2 is 1.89 bits per heavy atom. The third-order valence-electron chi connectivity index (χ3n) is 4.37. The second kappa shape index (κ2) is 9.73. The number of nitrogens with one attached hydrogen (secondary N) is 1. The van der Waals surface area contributed by atoms with E-state index in [0.717, 1.165) is 12.6 Å². The molecule has 0 bridgehead atoms. The summed E-state index contributed by atoms with van der Waals surface area (Å²) in [5.41, 5.74) is 0. The molecule has 19 heavy (non-hydrogen) atoms. The van der Waals surface area contributed by atoms with Crippen LogP contribution in [-0.4, -0.2) is 61.2 Å². The zero-order valence-electron chi connectivity index (χ0n) is 13.6. The average Bonchev–Trinajstić information content (AvgIpc) is 2.86. The molecular formula is C16H35N3. The summed E-state index contributed by atoms with van der Waals surface area (Å²) in [6, 6.07) is 1.49. The van der Waals surface area contributed by atoms with E-state index in [0.29, 0.717) is 6.04 Å². The molecule has 1 N–H and O–H groups in total. The van der Waals surface area contributed by atoms with Gasteiger partial charge in [-0.1, -0.05) is 34.1 Å². The molecule has 0 spiro atoms. The topological polar surface area (TPSA) is 18.5 Å². The van der Waals surface area contributed by atoms with Crippen molar-refractivity contribution in [1.29, 1.82) is 0 Å². The highest BCUT2D eigenvalue weighted by Crippen LogP contribution is 2.16. The lowest BCUT2D eigenvalue weighted by atomic mass is 10.1. The normalized spacial score (nSPS) is 22.3. The molecule has 3 heteroatoms. The lowest BCUT2D eigenvalue weighted by Crippen LogP contribution is -2.42. The summed E-state index contributed by atoms with van der Waals surface area (Å²) in [5, 5.41) is 3.71. The first-order valence-electron chi connectivity index (χ1n) is 8.44. The SMILES string of the molecule is CCCNC(CCC)CN1CCC(N(CC)CC)C1. The Morgan fingerprint density at radius 3 is 2.47 bits per heavy atom. The molecule has 0 aromatic rings. The molecule has 1 aliphatic heterocycles. The molecule has 0 aromatic carbocycles. The van der Waals surface area contributed by atoms with Crippen LogP contribution >= 0.6 is 0 Å². The maximum Gasteiger partial charge on any atom is 0.0235 e. The van der Waals surface area contributed by atoms with Gasteiger partial charge in [-0.25, -0.2) is 0 Å². The third-order valence-corrected chi connectivity index (χ3v) is 4.37. The van der Waals surface area contributed by atoms with Crippen LogP contribution in [0.1, 0.15) is 53.4 Å². The maximum absolute atomic E-state index is 3.71. The van der Waals surface area contributed by atoms with Crippen LogP contribution in [0.2, 0.25) is 0 Å². The van der Waals surface area contributed by atoms with Gasteiger partial charge < -0.3 is 10.2 Å². The molecule has 2 unspecified atom stereocenters. The van der Waals surface area contributed by atoms with E-state index in [9.17, 15) is 0 Å². The molecule has 0 aliphatic carbocycles.